The molecule has 3 aromatic rings. The lowest BCUT2D eigenvalue weighted by atomic mass is 9.93. The van der Waals surface area contributed by atoms with Crippen LogP contribution in [0.2, 0.25) is 10.0 Å². The Kier molecular flexibility index (Phi) is 9.79. The van der Waals surface area contributed by atoms with Gasteiger partial charge in [-0.2, -0.15) is 0 Å². The number of carboxylic acid groups (broad SMARTS) is 1. The fourth-order valence-corrected chi connectivity index (χ4v) is 4.85. The highest BCUT2D eigenvalue weighted by atomic mass is 35.5. The number of carbonyl (C=O) groups is 3. The first kappa shape index (κ1) is 28.4. The predicted octanol–water partition coefficient (Wildman–Crippen LogP) is 6.93. The standard InChI is InChI=1S/C31H30Cl2N2O4/c32-27-15-8-22(18-28(27)33)19-29(36)35(20-21-6-9-24(10-7-21)23-4-2-1-3-5-23)26-13-11-25(12-14-26)31(39)34-17-16-30(37)38/h4,6-15,18H,1-3,5,16-17,19-20H2,(H,34,39)(H,37,38). The van der Waals surface area contributed by atoms with E-state index in [1.165, 1.54) is 24.0 Å². The number of aliphatic carboxylic acids is 1. The first-order valence-corrected chi connectivity index (χ1v) is 13.7. The molecular formula is C31H30Cl2N2O4. The molecule has 202 valence electrons. The van der Waals surface area contributed by atoms with Crippen molar-refractivity contribution < 1.29 is 19.5 Å². The summed E-state index contributed by atoms with van der Waals surface area (Å²) in [7, 11) is 0. The number of rotatable bonds is 10. The van der Waals surface area contributed by atoms with Crippen molar-refractivity contribution in [3.8, 4) is 0 Å². The Labute approximate surface area is 238 Å². The maximum atomic E-state index is 13.6. The number of amides is 2. The highest BCUT2D eigenvalue weighted by molar-refractivity contribution is 6.42. The Hall–Kier alpha value is -3.61. The Bertz CT molecular complexity index is 1370. The minimum atomic E-state index is -0.981. The first-order chi connectivity index (χ1) is 18.8. The molecule has 3 aromatic carbocycles. The number of hydrogen-bond acceptors (Lipinski definition) is 3. The monoisotopic (exact) mass is 564 g/mol. The quantitative estimate of drug-likeness (QED) is 0.279. The van der Waals surface area contributed by atoms with Gasteiger partial charge in [0.1, 0.15) is 0 Å². The van der Waals surface area contributed by atoms with Crippen LogP contribution < -0.4 is 10.2 Å². The number of carboxylic acids is 1. The molecule has 2 N–H and O–H groups in total. The fraction of sp³-hybridized carbons (Fsp3) is 0.258. The molecule has 0 saturated carbocycles. The van der Waals surface area contributed by atoms with Crippen molar-refractivity contribution in [3.05, 3.63) is 105 Å². The molecule has 0 heterocycles. The summed E-state index contributed by atoms with van der Waals surface area (Å²) in [6.07, 6.45) is 6.92. The van der Waals surface area contributed by atoms with Gasteiger partial charge in [0.25, 0.3) is 5.91 Å². The summed E-state index contributed by atoms with van der Waals surface area (Å²) in [5, 5.41) is 12.2. The Morgan fingerprint density at radius 1 is 0.872 bits per heavy atom. The number of anilines is 1. The second-order valence-corrected chi connectivity index (χ2v) is 10.3. The Morgan fingerprint density at radius 2 is 1.59 bits per heavy atom. The maximum absolute atomic E-state index is 13.6. The van der Waals surface area contributed by atoms with Crippen LogP contribution in [0.4, 0.5) is 5.69 Å². The second-order valence-electron chi connectivity index (χ2n) is 9.52. The lowest BCUT2D eigenvalue weighted by Crippen LogP contribution is -2.32. The van der Waals surface area contributed by atoms with E-state index in [4.69, 9.17) is 28.3 Å². The van der Waals surface area contributed by atoms with E-state index in [-0.39, 0.29) is 31.2 Å². The number of nitrogens with zero attached hydrogens (tertiary/aromatic N) is 1. The largest absolute Gasteiger partial charge is 0.481 e. The van der Waals surface area contributed by atoms with Crippen molar-refractivity contribution in [1.82, 2.24) is 5.32 Å². The lowest BCUT2D eigenvalue weighted by Gasteiger charge is -2.24. The third-order valence-corrected chi connectivity index (χ3v) is 7.40. The van der Waals surface area contributed by atoms with E-state index in [0.717, 1.165) is 24.0 Å². The summed E-state index contributed by atoms with van der Waals surface area (Å²) >= 11 is 12.2. The molecule has 0 unspecified atom stereocenters. The third kappa shape index (κ3) is 7.94. The van der Waals surface area contributed by atoms with E-state index in [1.54, 1.807) is 47.4 Å². The van der Waals surface area contributed by atoms with Gasteiger partial charge >= 0.3 is 5.97 Å². The Balaban J connectivity index is 1.54. The van der Waals surface area contributed by atoms with Crippen molar-refractivity contribution in [2.75, 3.05) is 11.4 Å². The van der Waals surface area contributed by atoms with E-state index in [2.05, 4.69) is 35.7 Å². The molecule has 0 atom stereocenters. The maximum Gasteiger partial charge on any atom is 0.305 e. The van der Waals surface area contributed by atoms with Gasteiger partial charge < -0.3 is 15.3 Å². The summed E-state index contributed by atoms with van der Waals surface area (Å²) in [6.45, 7) is 0.390. The van der Waals surface area contributed by atoms with Crippen molar-refractivity contribution in [2.24, 2.45) is 0 Å². The summed E-state index contributed by atoms with van der Waals surface area (Å²) < 4.78 is 0. The lowest BCUT2D eigenvalue weighted by molar-refractivity contribution is -0.136. The number of allylic oxidation sites excluding steroid dienone is 2. The van der Waals surface area contributed by atoms with E-state index in [9.17, 15) is 14.4 Å². The van der Waals surface area contributed by atoms with Gasteiger partial charge in [-0.25, -0.2) is 0 Å². The Morgan fingerprint density at radius 3 is 2.23 bits per heavy atom. The first-order valence-electron chi connectivity index (χ1n) is 12.9. The molecular weight excluding hydrogens is 535 g/mol. The molecule has 0 bridgehead atoms. The number of benzene rings is 3. The van der Waals surface area contributed by atoms with Crippen LogP contribution in [0.3, 0.4) is 0 Å². The molecule has 0 radical (unpaired) electrons. The van der Waals surface area contributed by atoms with E-state index < -0.39 is 5.97 Å². The summed E-state index contributed by atoms with van der Waals surface area (Å²) in [6, 6.07) is 20.2. The average Bonchev–Trinajstić information content (AvgIpc) is 2.94. The van der Waals surface area contributed by atoms with E-state index in [1.807, 2.05) is 0 Å². The molecule has 0 spiro atoms. The van der Waals surface area contributed by atoms with Crippen LogP contribution in [0.15, 0.2) is 72.8 Å². The smallest absolute Gasteiger partial charge is 0.305 e. The molecule has 0 fully saturated rings. The minimum Gasteiger partial charge on any atom is -0.481 e. The average molecular weight is 565 g/mol. The van der Waals surface area contributed by atoms with Crippen LogP contribution in [-0.4, -0.2) is 29.4 Å². The number of nitrogens with one attached hydrogen (secondary N) is 1. The van der Waals surface area contributed by atoms with E-state index >= 15 is 0 Å². The minimum absolute atomic E-state index is 0.0388. The predicted molar refractivity (Wildman–Crippen MR) is 155 cm³/mol. The molecule has 6 nitrogen and oxygen atoms in total. The molecule has 8 heteroatoms. The summed E-state index contributed by atoms with van der Waals surface area (Å²) in [4.78, 5) is 38.3. The fourth-order valence-electron chi connectivity index (χ4n) is 4.53. The van der Waals surface area contributed by atoms with Gasteiger partial charge in [-0.3, -0.25) is 14.4 Å². The zero-order chi connectivity index (χ0) is 27.8. The van der Waals surface area contributed by atoms with Crippen molar-refractivity contribution in [2.45, 2.75) is 45.1 Å². The zero-order valence-corrected chi connectivity index (χ0v) is 23.0. The van der Waals surface area contributed by atoms with E-state index in [0.29, 0.717) is 27.8 Å². The van der Waals surface area contributed by atoms with Gasteiger partial charge in [0.15, 0.2) is 0 Å². The number of hydrogen-bond donors (Lipinski definition) is 2. The van der Waals surface area contributed by atoms with Gasteiger partial charge in [0.05, 0.1) is 29.4 Å². The van der Waals surface area contributed by atoms with Gasteiger partial charge in [0, 0.05) is 17.8 Å². The van der Waals surface area contributed by atoms with Crippen LogP contribution in [0, 0.1) is 0 Å². The van der Waals surface area contributed by atoms with Crippen molar-refractivity contribution in [1.29, 1.82) is 0 Å². The van der Waals surface area contributed by atoms with Crippen LogP contribution in [-0.2, 0) is 22.6 Å². The molecule has 4 rings (SSSR count). The zero-order valence-electron chi connectivity index (χ0n) is 21.5. The highest BCUT2D eigenvalue weighted by Gasteiger charge is 2.19. The van der Waals surface area contributed by atoms with Crippen molar-refractivity contribution in [3.63, 3.8) is 0 Å². The summed E-state index contributed by atoms with van der Waals surface area (Å²) in [5.41, 5.74) is 5.33. The molecule has 0 aliphatic heterocycles. The van der Waals surface area contributed by atoms with Crippen LogP contribution in [0.25, 0.3) is 5.57 Å². The van der Waals surface area contributed by atoms with Crippen molar-refractivity contribution >= 4 is 52.2 Å². The number of carbonyl (C=O) groups excluding carboxylic acids is 2. The summed E-state index contributed by atoms with van der Waals surface area (Å²) in [5.74, 6) is -1.49. The van der Waals surface area contributed by atoms with Crippen LogP contribution >= 0.6 is 23.2 Å². The molecule has 1 aliphatic carbocycles. The molecule has 1 aliphatic rings. The van der Waals surface area contributed by atoms with Gasteiger partial charge in [-0.15, -0.1) is 0 Å². The van der Waals surface area contributed by atoms with Gasteiger partial charge in [-0.1, -0.05) is 59.6 Å². The van der Waals surface area contributed by atoms with Crippen LogP contribution in [0.1, 0.15) is 59.2 Å². The molecule has 0 saturated heterocycles. The normalized spacial score (nSPS) is 12.9. The molecule has 39 heavy (non-hydrogen) atoms. The van der Waals surface area contributed by atoms with Gasteiger partial charge in [-0.05, 0) is 84.3 Å². The van der Waals surface area contributed by atoms with Gasteiger partial charge in [0.2, 0.25) is 5.91 Å². The highest BCUT2D eigenvalue weighted by Crippen LogP contribution is 2.28. The second kappa shape index (κ2) is 13.5. The topological polar surface area (TPSA) is 86.7 Å². The van der Waals surface area contributed by atoms with Crippen LogP contribution in [0.5, 0.6) is 0 Å². The molecule has 0 aromatic heterocycles. The number of halogens is 2. The molecule has 2 amide bonds. The SMILES string of the molecule is O=C(O)CCNC(=O)c1ccc(N(Cc2ccc(C3=CCCCC3)cc2)C(=O)Cc2ccc(Cl)c(Cl)c2)cc1. The third-order valence-electron chi connectivity index (χ3n) is 6.66.